The normalized spacial score (nSPS) is 12.7. The smallest absolute Gasteiger partial charge is 0.272 e. The van der Waals surface area contributed by atoms with Crippen molar-refractivity contribution < 1.29 is 10.0 Å². The number of nitro benzene ring substituents is 1. The summed E-state index contributed by atoms with van der Waals surface area (Å²) in [5.41, 5.74) is 0.875. The summed E-state index contributed by atoms with van der Waals surface area (Å²) in [5, 5.41) is 23.2. The van der Waals surface area contributed by atoms with E-state index < -0.39 is 0 Å². The highest BCUT2D eigenvalue weighted by molar-refractivity contribution is 5.39. The molecule has 0 aliphatic heterocycles. The second-order valence-corrected chi connectivity index (χ2v) is 4.62. The van der Waals surface area contributed by atoms with Gasteiger partial charge in [0.2, 0.25) is 0 Å². The van der Waals surface area contributed by atoms with Crippen molar-refractivity contribution in [1.29, 1.82) is 0 Å². The molecule has 18 heavy (non-hydrogen) atoms. The van der Waals surface area contributed by atoms with Gasteiger partial charge in [0.25, 0.3) is 5.69 Å². The van der Waals surface area contributed by atoms with Gasteiger partial charge in [-0.3, -0.25) is 10.1 Å². The highest BCUT2D eigenvalue weighted by atomic mass is 16.6. The maximum absolute atomic E-state index is 10.8. The molecule has 0 radical (unpaired) electrons. The van der Waals surface area contributed by atoms with E-state index in [1.54, 1.807) is 18.2 Å². The Balaban J connectivity index is 2.56. The molecule has 100 valence electrons. The third-order valence-electron chi connectivity index (χ3n) is 2.99. The molecule has 0 saturated heterocycles. The Bertz CT molecular complexity index is 394. The largest absolute Gasteiger partial charge is 0.395 e. The van der Waals surface area contributed by atoms with Crippen LogP contribution in [0.2, 0.25) is 0 Å². The summed E-state index contributed by atoms with van der Waals surface area (Å²) in [6.07, 6.45) is 0.584. The van der Waals surface area contributed by atoms with Gasteiger partial charge < -0.3 is 10.4 Å². The van der Waals surface area contributed by atoms with Gasteiger partial charge in [-0.1, -0.05) is 32.0 Å². The summed E-state index contributed by atoms with van der Waals surface area (Å²) in [5.74, 6) is 0.334. The van der Waals surface area contributed by atoms with Crippen molar-refractivity contribution >= 4 is 5.69 Å². The van der Waals surface area contributed by atoms with E-state index in [-0.39, 0.29) is 23.3 Å². The van der Waals surface area contributed by atoms with Crippen molar-refractivity contribution in [2.75, 3.05) is 13.2 Å². The molecule has 0 spiro atoms. The Kier molecular flexibility index (Phi) is 5.74. The number of nitrogens with one attached hydrogen (secondary N) is 1. The number of nitro groups is 1. The average Bonchev–Trinajstić information content (AvgIpc) is 2.34. The number of hydrogen-bond donors (Lipinski definition) is 2. The molecule has 0 amide bonds. The molecule has 0 fully saturated rings. The Hall–Kier alpha value is -1.46. The van der Waals surface area contributed by atoms with Crippen LogP contribution in [0.25, 0.3) is 0 Å². The minimum absolute atomic E-state index is 0.0350. The van der Waals surface area contributed by atoms with Crippen LogP contribution in [0.15, 0.2) is 24.3 Å². The van der Waals surface area contributed by atoms with Crippen molar-refractivity contribution in [3.05, 3.63) is 39.9 Å². The van der Waals surface area contributed by atoms with Gasteiger partial charge >= 0.3 is 0 Å². The molecule has 2 N–H and O–H groups in total. The molecule has 1 atom stereocenters. The van der Waals surface area contributed by atoms with Crippen LogP contribution >= 0.6 is 0 Å². The van der Waals surface area contributed by atoms with Gasteiger partial charge in [-0.25, -0.2) is 0 Å². The van der Waals surface area contributed by atoms with Gasteiger partial charge in [0.05, 0.1) is 11.5 Å². The van der Waals surface area contributed by atoms with Gasteiger partial charge in [0, 0.05) is 17.7 Å². The molecule has 5 nitrogen and oxygen atoms in total. The van der Waals surface area contributed by atoms with Crippen molar-refractivity contribution in [2.24, 2.45) is 5.92 Å². The van der Waals surface area contributed by atoms with Crippen LogP contribution in [0, 0.1) is 16.0 Å². The molecule has 0 aliphatic rings. The molecule has 0 aromatic heterocycles. The first-order chi connectivity index (χ1) is 8.56. The maximum atomic E-state index is 10.8. The van der Waals surface area contributed by atoms with Gasteiger partial charge in [0.1, 0.15) is 0 Å². The van der Waals surface area contributed by atoms with E-state index in [0.29, 0.717) is 18.9 Å². The van der Waals surface area contributed by atoms with Gasteiger partial charge in [-0.05, 0) is 18.9 Å². The molecule has 0 unspecified atom stereocenters. The number of aliphatic hydroxyl groups excluding tert-OH is 1. The zero-order chi connectivity index (χ0) is 13.5. The first-order valence-electron chi connectivity index (χ1n) is 6.12. The lowest BCUT2D eigenvalue weighted by atomic mass is 10.0. The average molecular weight is 252 g/mol. The third kappa shape index (κ3) is 4.09. The second-order valence-electron chi connectivity index (χ2n) is 4.62. The number of nitrogens with zero attached hydrogens (tertiary/aromatic N) is 1. The molecule has 5 heteroatoms. The molecule has 1 aromatic rings. The van der Waals surface area contributed by atoms with E-state index in [0.717, 1.165) is 5.56 Å². The van der Waals surface area contributed by atoms with E-state index in [1.807, 2.05) is 13.8 Å². The highest BCUT2D eigenvalue weighted by Crippen LogP contribution is 2.17. The summed E-state index contributed by atoms with van der Waals surface area (Å²) >= 11 is 0. The standard InChI is InChI=1S/C13H20N2O3/c1-10(2)12(9-16)14-8-7-11-5-3-4-6-13(11)15(17)18/h3-6,10,12,14,16H,7-9H2,1-2H3/t12-/m1/s1. The molecule has 1 aromatic carbocycles. The predicted octanol–water partition coefficient (Wildman–Crippen LogP) is 1.74. The fraction of sp³-hybridized carbons (Fsp3) is 0.538. The molecular weight excluding hydrogens is 232 g/mol. The topological polar surface area (TPSA) is 75.4 Å². The van der Waals surface area contributed by atoms with Crippen LogP contribution in [0.5, 0.6) is 0 Å². The lowest BCUT2D eigenvalue weighted by Gasteiger charge is -2.19. The third-order valence-corrected chi connectivity index (χ3v) is 2.99. The monoisotopic (exact) mass is 252 g/mol. The van der Waals surface area contributed by atoms with E-state index in [9.17, 15) is 10.1 Å². The van der Waals surface area contributed by atoms with Crippen LogP contribution in [-0.4, -0.2) is 29.2 Å². The quantitative estimate of drug-likeness (QED) is 0.572. The summed E-state index contributed by atoms with van der Waals surface area (Å²) < 4.78 is 0. The first kappa shape index (κ1) is 14.6. The molecule has 0 bridgehead atoms. The Morgan fingerprint density at radius 3 is 2.61 bits per heavy atom. The highest BCUT2D eigenvalue weighted by Gasteiger charge is 2.14. The van der Waals surface area contributed by atoms with Crippen molar-refractivity contribution in [2.45, 2.75) is 26.3 Å². The number of benzene rings is 1. The summed E-state index contributed by atoms with van der Waals surface area (Å²) in [6, 6.07) is 6.78. The summed E-state index contributed by atoms with van der Waals surface area (Å²) in [4.78, 5) is 10.5. The second kappa shape index (κ2) is 7.08. The van der Waals surface area contributed by atoms with Crippen molar-refractivity contribution in [1.82, 2.24) is 5.32 Å². The fourth-order valence-corrected chi connectivity index (χ4v) is 1.80. The Labute approximate surface area is 107 Å². The Morgan fingerprint density at radius 2 is 2.06 bits per heavy atom. The van der Waals surface area contributed by atoms with E-state index in [1.165, 1.54) is 6.07 Å². The zero-order valence-electron chi connectivity index (χ0n) is 10.8. The number of para-hydroxylation sites is 1. The predicted molar refractivity (Wildman–Crippen MR) is 70.5 cm³/mol. The van der Waals surface area contributed by atoms with Crippen molar-refractivity contribution in [3.63, 3.8) is 0 Å². The zero-order valence-corrected chi connectivity index (χ0v) is 10.8. The van der Waals surface area contributed by atoms with E-state index >= 15 is 0 Å². The van der Waals surface area contributed by atoms with Crippen molar-refractivity contribution in [3.8, 4) is 0 Å². The lowest BCUT2D eigenvalue weighted by molar-refractivity contribution is -0.385. The summed E-state index contributed by atoms with van der Waals surface area (Å²) in [7, 11) is 0. The molecule has 1 rings (SSSR count). The van der Waals surface area contributed by atoms with Crippen LogP contribution in [0.4, 0.5) is 5.69 Å². The van der Waals surface area contributed by atoms with Gasteiger partial charge in [-0.15, -0.1) is 0 Å². The number of rotatable bonds is 7. The van der Waals surface area contributed by atoms with E-state index in [4.69, 9.17) is 5.11 Å². The Morgan fingerprint density at radius 1 is 1.39 bits per heavy atom. The summed E-state index contributed by atoms with van der Waals surface area (Å²) in [6.45, 7) is 4.75. The molecule has 0 aliphatic carbocycles. The molecular formula is C13H20N2O3. The maximum Gasteiger partial charge on any atom is 0.272 e. The number of aliphatic hydroxyl groups is 1. The van der Waals surface area contributed by atoms with Crippen LogP contribution in [0.1, 0.15) is 19.4 Å². The minimum Gasteiger partial charge on any atom is -0.395 e. The van der Waals surface area contributed by atoms with Crippen LogP contribution in [0.3, 0.4) is 0 Å². The molecule has 0 heterocycles. The first-order valence-corrected chi connectivity index (χ1v) is 6.12. The number of hydrogen-bond acceptors (Lipinski definition) is 4. The van der Waals surface area contributed by atoms with E-state index in [2.05, 4.69) is 5.32 Å². The lowest BCUT2D eigenvalue weighted by Crippen LogP contribution is -2.38. The minimum atomic E-state index is -0.360. The SMILES string of the molecule is CC(C)[C@@H](CO)NCCc1ccccc1[N+](=O)[O-]. The van der Waals surface area contributed by atoms with Gasteiger partial charge in [0.15, 0.2) is 0 Å². The van der Waals surface area contributed by atoms with Crippen LogP contribution < -0.4 is 5.32 Å². The fourth-order valence-electron chi connectivity index (χ4n) is 1.80. The molecule has 0 saturated carbocycles. The van der Waals surface area contributed by atoms with Gasteiger partial charge in [-0.2, -0.15) is 0 Å². The van der Waals surface area contributed by atoms with Crippen LogP contribution in [-0.2, 0) is 6.42 Å².